The van der Waals surface area contributed by atoms with Crippen LogP contribution in [0.3, 0.4) is 0 Å². The average molecular weight is 429 g/mol. The Balaban J connectivity index is 1.96. The summed E-state index contributed by atoms with van der Waals surface area (Å²) < 4.78 is 50.8. The van der Waals surface area contributed by atoms with Gasteiger partial charge in [-0.05, 0) is 26.3 Å². The first-order chi connectivity index (χ1) is 14.2. The van der Waals surface area contributed by atoms with Gasteiger partial charge in [0.05, 0.1) is 11.1 Å². The summed E-state index contributed by atoms with van der Waals surface area (Å²) in [5, 5.41) is 7.95. The van der Waals surface area contributed by atoms with Gasteiger partial charge in [0.25, 0.3) is 5.91 Å². The second kappa shape index (κ2) is 8.88. The monoisotopic (exact) mass is 429 g/mol. The molecule has 9 nitrogen and oxygen atoms in total. The van der Waals surface area contributed by atoms with Crippen LogP contribution in [0.5, 0.6) is 5.75 Å². The molecule has 2 aromatic rings. The first kappa shape index (κ1) is 21.8. The number of alkyl halides is 3. The second-order valence-electron chi connectivity index (χ2n) is 6.87. The zero-order valence-electron chi connectivity index (χ0n) is 16.4. The smallest absolute Gasteiger partial charge is 0.409 e. The Kier molecular flexibility index (Phi) is 6.46. The van der Waals surface area contributed by atoms with Gasteiger partial charge in [-0.1, -0.05) is 0 Å². The Morgan fingerprint density at radius 1 is 1.37 bits per heavy atom. The van der Waals surface area contributed by atoms with Crippen LogP contribution in [0, 0.1) is 0 Å². The third-order valence-electron chi connectivity index (χ3n) is 4.75. The van der Waals surface area contributed by atoms with E-state index in [4.69, 9.17) is 9.47 Å². The van der Waals surface area contributed by atoms with Crippen molar-refractivity contribution in [3.63, 3.8) is 0 Å². The van der Waals surface area contributed by atoms with Gasteiger partial charge in [-0.3, -0.25) is 4.79 Å². The highest BCUT2D eigenvalue weighted by molar-refractivity contribution is 6.05. The minimum atomic E-state index is -4.83. The molecule has 1 fully saturated rings. The Labute approximate surface area is 169 Å². The molecule has 0 saturated carbocycles. The van der Waals surface area contributed by atoms with Crippen LogP contribution in [-0.2, 0) is 15.7 Å². The van der Waals surface area contributed by atoms with Crippen molar-refractivity contribution in [2.24, 2.45) is 0 Å². The van der Waals surface area contributed by atoms with Crippen LogP contribution in [0.1, 0.15) is 25.3 Å². The van der Waals surface area contributed by atoms with Gasteiger partial charge in [-0.15, -0.1) is 0 Å². The summed E-state index contributed by atoms with van der Waals surface area (Å²) >= 11 is 0. The molecule has 1 aliphatic heterocycles. The van der Waals surface area contributed by atoms with Gasteiger partial charge < -0.3 is 30.4 Å². The number of halogens is 3. The minimum absolute atomic E-state index is 0.0142. The third kappa shape index (κ3) is 4.82. The van der Waals surface area contributed by atoms with Crippen LogP contribution in [0.4, 0.5) is 23.7 Å². The van der Waals surface area contributed by atoms with E-state index in [1.165, 1.54) is 20.2 Å². The van der Waals surface area contributed by atoms with Crippen LogP contribution >= 0.6 is 0 Å². The molecular formula is C18H22F3N5O4. The summed E-state index contributed by atoms with van der Waals surface area (Å²) in [5.41, 5.74) is -1.23. The van der Waals surface area contributed by atoms with Crippen molar-refractivity contribution in [1.82, 2.24) is 20.6 Å². The lowest BCUT2D eigenvalue weighted by Crippen LogP contribution is -2.46. The van der Waals surface area contributed by atoms with E-state index in [1.807, 2.05) is 0 Å². The Bertz CT molecular complexity index is 924. The summed E-state index contributed by atoms with van der Waals surface area (Å²) in [6.45, 7) is 2.78. The van der Waals surface area contributed by atoms with Crippen molar-refractivity contribution in [1.29, 1.82) is 0 Å². The summed E-state index contributed by atoms with van der Waals surface area (Å²) in [4.78, 5) is 30.9. The number of methoxy groups -OCH3 is 1. The number of rotatable bonds is 5. The number of nitrogens with zero attached hydrogens (tertiary/aromatic N) is 1. The number of pyridine rings is 1. The van der Waals surface area contributed by atoms with Gasteiger partial charge in [-0.25, -0.2) is 9.78 Å². The first-order valence-corrected chi connectivity index (χ1v) is 9.30. The van der Waals surface area contributed by atoms with Gasteiger partial charge in [-0.2, -0.15) is 13.2 Å². The molecule has 3 heterocycles. The lowest BCUT2D eigenvalue weighted by molar-refractivity contribution is -0.138. The molecule has 1 unspecified atom stereocenters. The molecule has 2 amide bonds. The molecule has 1 saturated heterocycles. The van der Waals surface area contributed by atoms with Crippen LogP contribution in [-0.4, -0.2) is 54.3 Å². The predicted octanol–water partition coefficient (Wildman–Crippen LogP) is 2.40. The number of hydrogen-bond donors (Lipinski definition) is 4. The molecule has 0 radical (unpaired) electrons. The first-order valence-electron chi connectivity index (χ1n) is 9.30. The fraction of sp³-hybridized carbons (Fsp3) is 0.500. The van der Waals surface area contributed by atoms with Crippen molar-refractivity contribution >= 4 is 28.7 Å². The Morgan fingerprint density at radius 3 is 2.77 bits per heavy atom. The Morgan fingerprint density at radius 2 is 2.13 bits per heavy atom. The number of ether oxygens (including phenoxy) is 2. The van der Waals surface area contributed by atoms with E-state index in [-0.39, 0.29) is 22.8 Å². The molecule has 2 atom stereocenters. The van der Waals surface area contributed by atoms with Crippen LogP contribution in [0.25, 0.3) is 11.0 Å². The van der Waals surface area contributed by atoms with E-state index < -0.39 is 35.6 Å². The molecule has 4 N–H and O–H groups in total. The molecule has 0 aliphatic carbocycles. The molecule has 3 rings (SSSR count). The number of H-pyrrole nitrogens is 1. The normalized spacial score (nSPS) is 18.1. The number of nitrogens with one attached hydrogen (secondary N) is 4. The molecule has 12 heteroatoms. The quantitative estimate of drug-likeness (QED) is 0.580. The third-order valence-corrected chi connectivity index (χ3v) is 4.75. The lowest BCUT2D eigenvalue weighted by atomic mass is 10.1. The van der Waals surface area contributed by atoms with E-state index in [1.54, 1.807) is 0 Å². The maximum absolute atomic E-state index is 13.6. The molecule has 164 valence electrons. The average Bonchev–Trinajstić information content (AvgIpc) is 3.10. The molecule has 0 spiro atoms. The standard InChI is InChI=1S/C18H22F3N5O4/c1-9(29-2)16(27)26-12-8-24-15-13(12)14(11(7-23-15)18(19,20)21)30-17(28)25-10-4-3-5-22-6-10/h7-10,22H,3-6H2,1-2H3,(H,23,24)(H,25,28)(H,26,27)/t9-,10?/m1/s1. The summed E-state index contributed by atoms with van der Waals surface area (Å²) in [7, 11) is 1.32. The molecule has 0 bridgehead atoms. The minimum Gasteiger partial charge on any atom is -0.409 e. The summed E-state index contributed by atoms with van der Waals surface area (Å²) in [6, 6.07) is -0.258. The van der Waals surface area contributed by atoms with Crippen LogP contribution in [0.2, 0.25) is 0 Å². The number of carbonyl (C=O) groups is 2. The number of amides is 2. The van der Waals surface area contributed by atoms with Crippen LogP contribution < -0.4 is 20.7 Å². The zero-order valence-corrected chi connectivity index (χ0v) is 16.4. The van der Waals surface area contributed by atoms with Crippen molar-refractivity contribution < 1.29 is 32.2 Å². The fourth-order valence-corrected chi connectivity index (χ4v) is 3.08. The molecule has 30 heavy (non-hydrogen) atoms. The zero-order chi connectivity index (χ0) is 21.9. The molecular weight excluding hydrogens is 407 g/mol. The number of aromatic amines is 1. The SMILES string of the molecule is CO[C@H](C)C(=O)Nc1c[nH]c2ncc(C(F)(F)F)c(OC(=O)NC3CCCNC3)c12. The lowest BCUT2D eigenvalue weighted by Gasteiger charge is -2.23. The van der Waals surface area contributed by atoms with E-state index in [2.05, 4.69) is 25.9 Å². The van der Waals surface area contributed by atoms with E-state index in [0.29, 0.717) is 19.2 Å². The van der Waals surface area contributed by atoms with Crippen molar-refractivity contribution in [3.05, 3.63) is 18.0 Å². The maximum Gasteiger partial charge on any atom is 0.421 e. The highest BCUT2D eigenvalue weighted by Gasteiger charge is 2.38. The number of anilines is 1. The van der Waals surface area contributed by atoms with E-state index in [9.17, 15) is 22.8 Å². The van der Waals surface area contributed by atoms with Crippen molar-refractivity contribution in [2.75, 3.05) is 25.5 Å². The number of aromatic nitrogens is 2. The maximum atomic E-state index is 13.6. The van der Waals surface area contributed by atoms with Crippen molar-refractivity contribution in [2.45, 2.75) is 38.1 Å². The largest absolute Gasteiger partial charge is 0.421 e. The van der Waals surface area contributed by atoms with Gasteiger partial charge in [0.15, 0.2) is 5.75 Å². The molecule has 0 aromatic carbocycles. The Hall–Kier alpha value is -2.86. The van der Waals surface area contributed by atoms with Crippen LogP contribution in [0.15, 0.2) is 12.4 Å². The van der Waals surface area contributed by atoms with E-state index in [0.717, 1.165) is 13.0 Å². The number of fused-ring (bicyclic) bond motifs is 1. The fourth-order valence-electron chi connectivity index (χ4n) is 3.08. The van der Waals surface area contributed by atoms with Gasteiger partial charge in [0, 0.05) is 32.1 Å². The van der Waals surface area contributed by atoms with E-state index >= 15 is 0 Å². The molecule has 2 aromatic heterocycles. The summed E-state index contributed by atoms with van der Waals surface area (Å²) in [5.74, 6) is -1.32. The second-order valence-corrected chi connectivity index (χ2v) is 6.87. The number of hydrogen-bond acceptors (Lipinski definition) is 6. The van der Waals surface area contributed by atoms with Gasteiger partial charge in [0.2, 0.25) is 0 Å². The van der Waals surface area contributed by atoms with Gasteiger partial charge >= 0.3 is 12.3 Å². The summed E-state index contributed by atoms with van der Waals surface area (Å²) in [6.07, 6.45) is -3.35. The topological polar surface area (TPSA) is 117 Å². The predicted molar refractivity (Wildman–Crippen MR) is 101 cm³/mol. The highest BCUT2D eigenvalue weighted by Crippen LogP contribution is 2.42. The number of carbonyl (C=O) groups excluding carboxylic acids is 2. The van der Waals surface area contributed by atoms with Crippen molar-refractivity contribution in [3.8, 4) is 5.75 Å². The number of piperidine rings is 1. The van der Waals surface area contributed by atoms with Gasteiger partial charge in [0.1, 0.15) is 17.3 Å². The highest BCUT2D eigenvalue weighted by atomic mass is 19.4. The molecule has 1 aliphatic rings.